The van der Waals surface area contributed by atoms with E-state index in [1.54, 1.807) is 88.2 Å². The Balaban J connectivity index is 2.50. The first-order valence-corrected chi connectivity index (χ1v) is 14.0. The van der Waals surface area contributed by atoms with Gasteiger partial charge in [-0.3, -0.25) is 9.59 Å². The van der Waals surface area contributed by atoms with E-state index in [9.17, 15) is 14.4 Å². The number of ether oxygens (including phenoxy) is 2. The summed E-state index contributed by atoms with van der Waals surface area (Å²) >= 11 is 1.55. The normalized spacial score (nSPS) is 12.4. The number of nitrogens with one attached hydrogen (secondary N) is 2. The Morgan fingerprint density at radius 1 is 1.10 bits per heavy atom. The fourth-order valence-electron chi connectivity index (χ4n) is 3.82. The van der Waals surface area contributed by atoms with Gasteiger partial charge in [0.05, 0.1) is 7.11 Å². The van der Waals surface area contributed by atoms with E-state index in [1.165, 1.54) is 4.90 Å². The van der Waals surface area contributed by atoms with Gasteiger partial charge in [0.15, 0.2) is 0 Å². The lowest BCUT2D eigenvalue weighted by molar-refractivity contribution is -0.140. The van der Waals surface area contributed by atoms with Crippen molar-refractivity contribution in [1.82, 2.24) is 10.2 Å². The molecular weight excluding hydrogens is 514 g/mol. The molecule has 2 aromatic carbocycles. The molecular formula is C30H39N3O5S. The highest BCUT2D eigenvalue weighted by atomic mass is 32.2. The van der Waals surface area contributed by atoms with Gasteiger partial charge in [-0.2, -0.15) is 11.8 Å². The van der Waals surface area contributed by atoms with Crippen LogP contribution in [-0.4, -0.2) is 60.1 Å². The molecule has 0 aliphatic carbocycles. The molecule has 39 heavy (non-hydrogen) atoms. The molecule has 8 nitrogen and oxygen atoms in total. The molecule has 0 saturated heterocycles. The standard InChI is InChI=1S/C30H39N3O5S/c1-8-18-33(28(35)25(17-19-39-7)32-29(36)38-30(3,4)5)26(22-12-10-11-21(9-2)20-22)27(34)31-23-13-15-24(37-6)16-14-23/h8-16,20,25-26H,1-2,17-19H2,3-7H3,(H,31,34)(H,32,36). The smallest absolute Gasteiger partial charge is 0.408 e. The summed E-state index contributed by atoms with van der Waals surface area (Å²) < 4.78 is 10.6. The predicted octanol–water partition coefficient (Wildman–Crippen LogP) is 5.68. The second kappa shape index (κ2) is 15.0. The molecule has 0 radical (unpaired) electrons. The Hall–Kier alpha value is -3.72. The Morgan fingerprint density at radius 2 is 1.79 bits per heavy atom. The minimum Gasteiger partial charge on any atom is -0.497 e. The highest BCUT2D eigenvalue weighted by molar-refractivity contribution is 7.98. The molecule has 2 aromatic rings. The summed E-state index contributed by atoms with van der Waals surface area (Å²) in [5.41, 5.74) is 1.20. The molecule has 210 valence electrons. The van der Waals surface area contributed by atoms with E-state index in [2.05, 4.69) is 23.8 Å². The summed E-state index contributed by atoms with van der Waals surface area (Å²) in [5.74, 6) is 0.422. The molecule has 2 atom stereocenters. The fourth-order valence-corrected chi connectivity index (χ4v) is 4.29. The fraction of sp³-hybridized carbons (Fsp3) is 0.367. The van der Waals surface area contributed by atoms with Gasteiger partial charge in [0.1, 0.15) is 23.4 Å². The zero-order chi connectivity index (χ0) is 29.0. The van der Waals surface area contributed by atoms with Gasteiger partial charge in [0.2, 0.25) is 5.91 Å². The van der Waals surface area contributed by atoms with Gasteiger partial charge in [-0.1, -0.05) is 36.9 Å². The van der Waals surface area contributed by atoms with Gasteiger partial charge in [0.25, 0.3) is 5.91 Å². The predicted molar refractivity (Wildman–Crippen MR) is 159 cm³/mol. The summed E-state index contributed by atoms with van der Waals surface area (Å²) in [7, 11) is 1.56. The van der Waals surface area contributed by atoms with Crippen molar-refractivity contribution in [1.29, 1.82) is 0 Å². The highest BCUT2D eigenvalue weighted by Crippen LogP contribution is 2.27. The summed E-state index contributed by atoms with van der Waals surface area (Å²) in [5, 5.41) is 5.63. The van der Waals surface area contributed by atoms with Crippen LogP contribution in [0.3, 0.4) is 0 Å². The van der Waals surface area contributed by atoms with Crippen molar-refractivity contribution < 1.29 is 23.9 Å². The zero-order valence-electron chi connectivity index (χ0n) is 23.4. The van der Waals surface area contributed by atoms with Crippen LogP contribution in [0.15, 0.2) is 67.8 Å². The third-order valence-corrected chi connectivity index (χ3v) is 6.23. The van der Waals surface area contributed by atoms with Crippen molar-refractivity contribution in [3.05, 3.63) is 78.9 Å². The molecule has 9 heteroatoms. The van der Waals surface area contributed by atoms with Crippen molar-refractivity contribution in [2.45, 2.75) is 44.9 Å². The second-order valence-electron chi connectivity index (χ2n) is 9.75. The average Bonchev–Trinajstić information content (AvgIpc) is 2.90. The SMILES string of the molecule is C=CCN(C(=O)C(CCSC)NC(=O)OC(C)(C)C)C(C(=O)Nc1ccc(OC)cc1)c1cccc(C=C)c1. The minimum atomic E-state index is -1.02. The number of nitrogens with zero attached hydrogens (tertiary/aromatic N) is 1. The van der Waals surface area contributed by atoms with Gasteiger partial charge in [0, 0.05) is 12.2 Å². The van der Waals surface area contributed by atoms with Gasteiger partial charge < -0.3 is 25.0 Å². The number of carbonyl (C=O) groups excluding carboxylic acids is 3. The van der Waals surface area contributed by atoms with E-state index in [4.69, 9.17) is 9.47 Å². The molecule has 0 aliphatic rings. The van der Waals surface area contributed by atoms with Gasteiger partial charge in [-0.05, 0) is 80.7 Å². The topological polar surface area (TPSA) is 97.0 Å². The van der Waals surface area contributed by atoms with Crippen LogP contribution in [0.5, 0.6) is 5.75 Å². The number of anilines is 1. The van der Waals surface area contributed by atoms with Gasteiger partial charge in [-0.15, -0.1) is 6.58 Å². The van der Waals surface area contributed by atoms with E-state index in [0.717, 1.165) is 5.56 Å². The van der Waals surface area contributed by atoms with Crippen LogP contribution in [0.2, 0.25) is 0 Å². The third-order valence-electron chi connectivity index (χ3n) is 5.59. The number of methoxy groups -OCH3 is 1. The van der Waals surface area contributed by atoms with Gasteiger partial charge >= 0.3 is 6.09 Å². The maximum absolute atomic E-state index is 14.0. The lowest BCUT2D eigenvalue weighted by Gasteiger charge is -2.34. The summed E-state index contributed by atoms with van der Waals surface area (Å²) in [6.07, 6.45) is 4.80. The van der Waals surface area contributed by atoms with Crippen LogP contribution in [-0.2, 0) is 14.3 Å². The molecule has 0 spiro atoms. The van der Waals surface area contributed by atoms with Crippen LogP contribution < -0.4 is 15.4 Å². The van der Waals surface area contributed by atoms with Crippen LogP contribution in [0, 0.1) is 0 Å². The number of carbonyl (C=O) groups is 3. The van der Waals surface area contributed by atoms with E-state index >= 15 is 0 Å². The summed E-state index contributed by atoms with van der Waals surface area (Å²) in [6, 6.07) is 12.2. The Labute approximate surface area is 235 Å². The molecule has 0 saturated carbocycles. The maximum atomic E-state index is 14.0. The number of rotatable bonds is 13. The maximum Gasteiger partial charge on any atom is 0.408 e. The van der Waals surface area contributed by atoms with E-state index < -0.39 is 35.6 Å². The Morgan fingerprint density at radius 3 is 2.36 bits per heavy atom. The first-order valence-electron chi connectivity index (χ1n) is 12.6. The molecule has 0 fully saturated rings. The number of thioether (sulfide) groups is 1. The number of hydrogen-bond acceptors (Lipinski definition) is 6. The molecule has 0 bridgehead atoms. The summed E-state index contributed by atoms with van der Waals surface area (Å²) in [6.45, 7) is 13.0. The lowest BCUT2D eigenvalue weighted by Crippen LogP contribution is -2.52. The quantitative estimate of drug-likeness (QED) is 0.310. The van der Waals surface area contributed by atoms with Crippen molar-refractivity contribution >= 4 is 41.4 Å². The number of amides is 3. The highest BCUT2D eigenvalue weighted by Gasteiger charge is 2.35. The minimum absolute atomic E-state index is 0.0730. The van der Waals surface area contributed by atoms with Crippen LogP contribution in [0.25, 0.3) is 6.08 Å². The molecule has 2 rings (SSSR count). The van der Waals surface area contributed by atoms with E-state index in [1.807, 2.05) is 18.4 Å². The molecule has 2 unspecified atom stereocenters. The lowest BCUT2D eigenvalue weighted by atomic mass is 10.00. The molecule has 0 aromatic heterocycles. The molecule has 2 N–H and O–H groups in total. The second-order valence-corrected chi connectivity index (χ2v) is 10.7. The number of hydrogen-bond donors (Lipinski definition) is 2. The van der Waals surface area contributed by atoms with Crippen LogP contribution in [0.4, 0.5) is 10.5 Å². The third kappa shape index (κ3) is 9.83. The van der Waals surface area contributed by atoms with Crippen LogP contribution in [0.1, 0.15) is 44.4 Å². The molecule has 0 aliphatic heterocycles. The largest absolute Gasteiger partial charge is 0.497 e. The monoisotopic (exact) mass is 553 g/mol. The van der Waals surface area contributed by atoms with Crippen LogP contribution >= 0.6 is 11.8 Å². The Bertz CT molecular complexity index is 1140. The van der Waals surface area contributed by atoms with Crippen molar-refractivity contribution in [3.8, 4) is 5.75 Å². The summed E-state index contributed by atoms with van der Waals surface area (Å²) in [4.78, 5) is 41.9. The van der Waals surface area contributed by atoms with Crippen molar-refractivity contribution in [3.63, 3.8) is 0 Å². The molecule has 0 heterocycles. The molecule has 3 amide bonds. The first-order chi connectivity index (χ1) is 18.5. The van der Waals surface area contributed by atoms with Gasteiger partial charge in [-0.25, -0.2) is 4.79 Å². The number of alkyl carbamates (subject to hydrolysis) is 1. The van der Waals surface area contributed by atoms with E-state index in [-0.39, 0.29) is 6.54 Å². The number of benzene rings is 2. The van der Waals surface area contributed by atoms with E-state index in [0.29, 0.717) is 29.2 Å². The van der Waals surface area contributed by atoms with Crippen molar-refractivity contribution in [2.24, 2.45) is 0 Å². The Kier molecular flexibility index (Phi) is 12.1. The average molecular weight is 554 g/mol. The zero-order valence-corrected chi connectivity index (χ0v) is 24.2. The first kappa shape index (κ1) is 31.5. The van der Waals surface area contributed by atoms with Crippen molar-refractivity contribution in [2.75, 3.05) is 31.0 Å².